The summed E-state index contributed by atoms with van der Waals surface area (Å²) < 4.78 is 12.0. The number of hydrogen-bond donors (Lipinski definition) is 0. The van der Waals surface area contributed by atoms with E-state index in [-0.39, 0.29) is 22.8 Å². The lowest BCUT2D eigenvalue weighted by Gasteiger charge is -2.21. The van der Waals surface area contributed by atoms with E-state index in [1.165, 1.54) is 6.07 Å². The van der Waals surface area contributed by atoms with Gasteiger partial charge in [0.15, 0.2) is 5.79 Å². The normalized spacial score (nSPS) is 28.9. The third-order valence-electron chi connectivity index (χ3n) is 3.97. The molecule has 2 fully saturated rings. The Labute approximate surface area is 111 Å². The van der Waals surface area contributed by atoms with E-state index in [0.29, 0.717) is 5.56 Å². The Kier molecular flexibility index (Phi) is 3.03. The van der Waals surface area contributed by atoms with E-state index in [2.05, 4.69) is 0 Å². The molecule has 0 unspecified atom stereocenters. The van der Waals surface area contributed by atoms with Gasteiger partial charge in [-0.2, -0.15) is 0 Å². The van der Waals surface area contributed by atoms with Gasteiger partial charge in [-0.05, 0) is 25.8 Å². The lowest BCUT2D eigenvalue weighted by Crippen LogP contribution is -2.26. The fraction of sp³-hybridized carbons (Fsp3) is 0.571. The van der Waals surface area contributed by atoms with Gasteiger partial charge in [-0.25, -0.2) is 0 Å². The minimum atomic E-state index is -0.506. The third-order valence-corrected chi connectivity index (χ3v) is 3.97. The van der Waals surface area contributed by atoms with Gasteiger partial charge < -0.3 is 9.47 Å². The zero-order valence-electron chi connectivity index (χ0n) is 10.9. The molecule has 5 nitrogen and oxygen atoms in total. The quantitative estimate of drug-likeness (QED) is 0.606. The first kappa shape index (κ1) is 12.6. The van der Waals surface area contributed by atoms with Crippen molar-refractivity contribution in [2.75, 3.05) is 0 Å². The lowest BCUT2D eigenvalue weighted by atomic mass is 10.0. The Morgan fingerprint density at radius 3 is 2.63 bits per heavy atom. The number of benzene rings is 1. The summed E-state index contributed by atoms with van der Waals surface area (Å²) in [6.07, 6.45) is 3.45. The van der Waals surface area contributed by atoms with Crippen LogP contribution < -0.4 is 0 Å². The van der Waals surface area contributed by atoms with Gasteiger partial charge in [-0.1, -0.05) is 12.1 Å². The van der Waals surface area contributed by atoms with E-state index < -0.39 is 5.79 Å². The first-order valence-corrected chi connectivity index (χ1v) is 6.70. The molecule has 5 heteroatoms. The van der Waals surface area contributed by atoms with Gasteiger partial charge in [0, 0.05) is 18.9 Å². The summed E-state index contributed by atoms with van der Waals surface area (Å²) >= 11 is 0. The van der Waals surface area contributed by atoms with Crippen molar-refractivity contribution in [2.24, 2.45) is 0 Å². The van der Waals surface area contributed by atoms with Crippen molar-refractivity contribution < 1.29 is 14.4 Å². The summed E-state index contributed by atoms with van der Waals surface area (Å²) in [6.45, 7) is 1.93. The maximum Gasteiger partial charge on any atom is 0.275 e. The molecule has 1 aromatic carbocycles. The number of rotatable bonds is 2. The van der Waals surface area contributed by atoms with Crippen LogP contribution in [0.15, 0.2) is 24.3 Å². The van der Waals surface area contributed by atoms with Crippen molar-refractivity contribution in [3.8, 4) is 0 Å². The second-order valence-corrected chi connectivity index (χ2v) is 5.30. The summed E-state index contributed by atoms with van der Waals surface area (Å²) in [5.74, 6) is -0.506. The Morgan fingerprint density at radius 1 is 1.26 bits per heavy atom. The highest BCUT2D eigenvalue weighted by atomic mass is 16.8. The molecule has 0 bridgehead atoms. The molecule has 1 saturated heterocycles. The summed E-state index contributed by atoms with van der Waals surface area (Å²) in [4.78, 5) is 10.8. The highest BCUT2D eigenvalue weighted by molar-refractivity contribution is 5.42. The molecule has 0 aromatic heterocycles. The number of nitro benzene ring substituents is 1. The largest absolute Gasteiger partial charge is 0.344 e. The Hall–Kier alpha value is -1.46. The topological polar surface area (TPSA) is 61.6 Å². The van der Waals surface area contributed by atoms with Crippen LogP contribution in [0.25, 0.3) is 0 Å². The molecule has 1 aliphatic heterocycles. The number of para-hydroxylation sites is 1. The van der Waals surface area contributed by atoms with Crippen LogP contribution in [0, 0.1) is 10.1 Å². The molecule has 1 saturated carbocycles. The van der Waals surface area contributed by atoms with Crippen LogP contribution in [-0.4, -0.2) is 16.8 Å². The number of hydrogen-bond acceptors (Lipinski definition) is 4. The number of nitrogens with zero attached hydrogens (tertiary/aromatic N) is 1. The highest BCUT2D eigenvalue weighted by Gasteiger charge is 2.49. The highest BCUT2D eigenvalue weighted by Crippen LogP contribution is 2.48. The zero-order chi connectivity index (χ0) is 13.5. The Morgan fingerprint density at radius 2 is 1.95 bits per heavy atom. The number of ether oxygens (including phenoxy) is 2. The second-order valence-electron chi connectivity index (χ2n) is 5.30. The van der Waals surface area contributed by atoms with Crippen LogP contribution >= 0.6 is 0 Å². The molecule has 0 N–H and O–H groups in total. The van der Waals surface area contributed by atoms with E-state index in [1.54, 1.807) is 18.2 Å². The zero-order valence-corrected chi connectivity index (χ0v) is 10.9. The van der Waals surface area contributed by atoms with Gasteiger partial charge in [-0.15, -0.1) is 0 Å². The van der Waals surface area contributed by atoms with Crippen LogP contribution in [0.3, 0.4) is 0 Å². The summed E-state index contributed by atoms with van der Waals surface area (Å²) in [5.41, 5.74) is 0.724. The molecule has 0 amide bonds. The smallest absolute Gasteiger partial charge is 0.275 e. The van der Waals surface area contributed by atoms with Crippen molar-refractivity contribution in [1.82, 2.24) is 0 Å². The van der Waals surface area contributed by atoms with E-state index in [4.69, 9.17) is 9.47 Å². The van der Waals surface area contributed by atoms with Gasteiger partial charge in [0.2, 0.25) is 0 Å². The molecule has 1 spiro atoms. The Balaban J connectivity index is 1.92. The molecule has 2 atom stereocenters. The van der Waals surface area contributed by atoms with Crippen molar-refractivity contribution in [1.29, 1.82) is 0 Å². The predicted octanol–water partition coefficient (Wildman–Crippen LogP) is 3.34. The van der Waals surface area contributed by atoms with Crippen LogP contribution in [0.2, 0.25) is 0 Å². The monoisotopic (exact) mass is 263 g/mol. The fourth-order valence-electron chi connectivity index (χ4n) is 3.12. The summed E-state index contributed by atoms with van der Waals surface area (Å²) in [5, 5.41) is 11.1. The molecular formula is C14H17NO4. The lowest BCUT2D eigenvalue weighted by molar-refractivity contribution is -0.386. The molecular weight excluding hydrogens is 246 g/mol. The second kappa shape index (κ2) is 4.58. The maximum absolute atomic E-state index is 11.1. The Bertz CT molecular complexity index is 496. The van der Waals surface area contributed by atoms with Gasteiger partial charge in [0.05, 0.1) is 16.6 Å². The average Bonchev–Trinajstić information content (AvgIpc) is 2.97. The minimum Gasteiger partial charge on any atom is -0.344 e. The van der Waals surface area contributed by atoms with E-state index in [1.807, 2.05) is 6.92 Å². The summed E-state index contributed by atoms with van der Waals surface area (Å²) in [6, 6.07) is 6.76. The standard InChI is InChI=1S/C14H17NO4/c1-10-13(19-14(18-10)8-4-5-9-14)11-6-2-3-7-12(11)15(16)17/h2-3,6-7,10,13H,4-5,8-9H2,1H3/t10-,13+/m1/s1. The van der Waals surface area contributed by atoms with Crippen molar-refractivity contribution in [3.63, 3.8) is 0 Å². The van der Waals surface area contributed by atoms with Crippen LogP contribution in [0.4, 0.5) is 5.69 Å². The molecule has 3 rings (SSSR count). The van der Waals surface area contributed by atoms with Gasteiger partial charge in [0.25, 0.3) is 5.69 Å². The molecule has 1 heterocycles. The van der Waals surface area contributed by atoms with Crippen LogP contribution in [0.5, 0.6) is 0 Å². The fourth-order valence-corrected chi connectivity index (χ4v) is 3.12. The number of nitro groups is 1. The molecule has 2 aliphatic rings. The van der Waals surface area contributed by atoms with E-state index in [9.17, 15) is 10.1 Å². The maximum atomic E-state index is 11.1. The van der Waals surface area contributed by atoms with Crippen molar-refractivity contribution >= 4 is 5.69 Å². The van der Waals surface area contributed by atoms with Crippen molar-refractivity contribution in [2.45, 2.75) is 50.6 Å². The summed E-state index contributed by atoms with van der Waals surface area (Å²) in [7, 11) is 0. The van der Waals surface area contributed by atoms with Crippen molar-refractivity contribution in [3.05, 3.63) is 39.9 Å². The first-order chi connectivity index (χ1) is 9.11. The molecule has 19 heavy (non-hydrogen) atoms. The predicted molar refractivity (Wildman–Crippen MR) is 68.7 cm³/mol. The molecule has 1 aliphatic carbocycles. The van der Waals surface area contributed by atoms with Gasteiger partial charge in [0.1, 0.15) is 6.10 Å². The third kappa shape index (κ3) is 2.13. The molecule has 102 valence electrons. The SMILES string of the molecule is C[C@H]1OC2(CCCC2)O[C@@H]1c1ccccc1[N+](=O)[O-]. The average molecular weight is 263 g/mol. The van der Waals surface area contributed by atoms with E-state index >= 15 is 0 Å². The minimum absolute atomic E-state index is 0.109. The first-order valence-electron chi connectivity index (χ1n) is 6.70. The molecule has 0 radical (unpaired) electrons. The van der Waals surface area contributed by atoms with Gasteiger partial charge >= 0.3 is 0 Å². The van der Waals surface area contributed by atoms with E-state index in [0.717, 1.165) is 25.7 Å². The van der Waals surface area contributed by atoms with Crippen LogP contribution in [-0.2, 0) is 9.47 Å². The molecule has 1 aromatic rings. The van der Waals surface area contributed by atoms with Crippen LogP contribution in [0.1, 0.15) is 44.3 Å². The van der Waals surface area contributed by atoms with Gasteiger partial charge in [-0.3, -0.25) is 10.1 Å².